The number of carbonyl (C=O) groups excluding carboxylic acids is 1. The SMILES string of the molecule is CCC(Cl)CCNC(=O)c1ccc(Br)c(Cl)c1. The molecule has 0 radical (unpaired) electrons. The van der Waals surface area contributed by atoms with Crippen LogP contribution in [0, 0.1) is 0 Å². The van der Waals surface area contributed by atoms with Crippen LogP contribution in [0.5, 0.6) is 0 Å². The predicted octanol–water partition coefficient (Wildman–Crippen LogP) is 4.24. The Morgan fingerprint density at radius 2 is 2.24 bits per heavy atom. The molecule has 0 aliphatic rings. The molecule has 1 unspecified atom stereocenters. The molecule has 0 aliphatic heterocycles. The summed E-state index contributed by atoms with van der Waals surface area (Å²) in [6, 6.07) is 5.12. The van der Waals surface area contributed by atoms with Gasteiger partial charge in [-0.05, 0) is 47.0 Å². The van der Waals surface area contributed by atoms with Crippen LogP contribution in [0.1, 0.15) is 30.1 Å². The highest BCUT2D eigenvalue weighted by Crippen LogP contribution is 2.23. The summed E-state index contributed by atoms with van der Waals surface area (Å²) in [5, 5.41) is 3.46. The topological polar surface area (TPSA) is 29.1 Å². The predicted molar refractivity (Wildman–Crippen MR) is 76.0 cm³/mol. The second kappa shape index (κ2) is 7.24. The van der Waals surface area contributed by atoms with Crippen LogP contribution in [0.15, 0.2) is 22.7 Å². The van der Waals surface area contributed by atoms with Crippen LogP contribution < -0.4 is 5.32 Å². The van der Waals surface area contributed by atoms with Crippen LogP contribution in [-0.4, -0.2) is 17.8 Å². The van der Waals surface area contributed by atoms with E-state index in [2.05, 4.69) is 21.2 Å². The summed E-state index contributed by atoms with van der Waals surface area (Å²) in [7, 11) is 0. The zero-order valence-electron chi connectivity index (χ0n) is 9.47. The van der Waals surface area contributed by atoms with E-state index in [0.29, 0.717) is 17.1 Å². The van der Waals surface area contributed by atoms with Crippen molar-refractivity contribution in [1.29, 1.82) is 0 Å². The van der Waals surface area contributed by atoms with Crippen LogP contribution >= 0.6 is 39.1 Å². The Morgan fingerprint density at radius 3 is 2.82 bits per heavy atom. The first-order chi connectivity index (χ1) is 8.04. The normalized spacial score (nSPS) is 12.2. The molecule has 1 N–H and O–H groups in total. The van der Waals surface area contributed by atoms with Gasteiger partial charge in [0.05, 0.1) is 5.02 Å². The van der Waals surface area contributed by atoms with Crippen molar-refractivity contribution in [3.63, 3.8) is 0 Å². The van der Waals surface area contributed by atoms with Crippen molar-refractivity contribution in [1.82, 2.24) is 5.32 Å². The van der Waals surface area contributed by atoms with Gasteiger partial charge < -0.3 is 5.32 Å². The zero-order valence-corrected chi connectivity index (χ0v) is 12.6. The molecule has 1 amide bonds. The van der Waals surface area contributed by atoms with Gasteiger partial charge in [0.15, 0.2) is 0 Å². The van der Waals surface area contributed by atoms with E-state index in [-0.39, 0.29) is 11.3 Å². The summed E-state index contributed by atoms with van der Waals surface area (Å²) in [5.41, 5.74) is 0.556. The highest BCUT2D eigenvalue weighted by Gasteiger charge is 2.08. The van der Waals surface area contributed by atoms with Gasteiger partial charge in [0.2, 0.25) is 0 Å². The molecule has 0 bridgehead atoms. The summed E-state index contributed by atoms with van der Waals surface area (Å²) in [6.07, 6.45) is 1.68. The van der Waals surface area contributed by atoms with Crippen LogP contribution in [0.4, 0.5) is 0 Å². The Balaban J connectivity index is 2.50. The Bertz CT molecular complexity index is 398. The summed E-state index contributed by atoms with van der Waals surface area (Å²) in [4.78, 5) is 11.7. The average molecular weight is 339 g/mol. The Kier molecular flexibility index (Phi) is 6.31. The molecule has 0 saturated carbocycles. The first-order valence-electron chi connectivity index (χ1n) is 5.42. The summed E-state index contributed by atoms with van der Waals surface area (Å²) in [6.45, 7) is 2.60. The second-order valence-electron chi connectivity index (χ2n) is 3.68. The van der Waals surface area contributed by atoms with Gasteiger partial charge in [-0.1, -0.05) is 18.5 Å². The fourth-order valence-electron chi connectivity index (χ4n) is 1.29. The molecule has 17 heavy (non-hydrogen) atoms. The number of alkyl halides is 1. The lowest BCUT2D eigenvalue weighted by Crippen LogP contribution is -2.26. The lowest BCUT2D eigenvalue weighted by Gasteiger charge is -2.08. The highest BCUT2D eigenvalue weighted by molar-refractivity contribution is 9.10. The number of rotatable bonds is 5. The fraction of sp³-hybridized carbons (Fsp3) is 0.417. The minimum atomic E-state index is -0.126. The van der Waals surface area contributed by atoms with Crippen LogP contribution in [0.2, 0.25) is 5.02 Å². The van der Waals surface area contributed by atoms with E-state index < -0.39 is 0 Å². The van der Waals surface area contributed by atoms with Crippen molar-refractivity contribution in [2.24, 2.45) is 0 Å². The molecule has 94 valence electrons. The van der Waals surface area contributed by atoms with Crippen LogP contribution in [0.25, 0.3) is 0 Å². The Labute approximate surface area is 120 Å². The maximum atomic E-state index is 11.7. The summed E-state index contributed by atoms with van der Waals surface area (Å²) < 4.78 is 0.780. The second-order valence-corrected chi connectivity index (χ2v) is 5.56. The minimum absolute atomic E-state index is 0.115. The molecule has 0 fully saturated rings. The van der Waals surface area contributed by atoms with Crippen molar-refractivity contribution in [3.05, 3.63) is 33.3 Å². The average Bonchev–Trinajstić information content (AvgIpc) is 2.32. The molecule has 5 heteroatoms. The van der Waals surface area contributed by atoms with E-state index in [1.54, 1.807) is 18.2 Å². The molecule has 2 nitrogen and oxygen atoms in total. The Hall–Kier alpha value is -0.250. The fourth-order valence-corrected chi connectivity index (χ4v) is 1.82. The van der Waals surface area contributed by atoms with Crippen molar-refractivity contribution in [2.75, 3.05) is 6.54 Å². The first kappa shape index (κ1) is 14.8. The molecule has 1 aromatic rings. The minimum Gasteiger partial charge on any atom is -0.352 e. The zero-order chi connectivity index (χ0) is 12.8. The number of nitrogens with one attached hydrogen (secondary N) is 1. The van der Waals surface area contributed by atoms with Gasteiger partial charge in [-0.3, -0.25) is 4.79 Å². The van der Waals surface area contributed by atoms with E-state index in [1.165, 1.54) is 0 Å². The van der Waals surface area contributed by atoms with Gasteiger partial charge >= 0.3 is 0 Å². The Morgan fingerprint density at radius 1 is 1.53 bits per heavy atom. The number of halogens is 3. The highest BCUT2D eigenvalue weighted by atomic mass is 79.9. The third-order valence-electron chi connectivity index (χ3n) is 2.37. The molecular formula is C12H14BrCl2NO. The lowest BCUT2D eigenvalue weighted by molar-refractivity contribution is 0.0953. The van der Waals surface area contributed by atoms with Crippen molar-refractivity contribution in [2.45, 2.75) is 25.1 Å². The molecule has 0 aliphatic carbocycles. The molecule has 0 saturated heterocycles. The number of amides is 1. The summed E-state index contributed by atoms with van der Waals surface area (Å²) >= 11 is 15.2. The number of benzene rings is 1. The van der Waals surface area contributed by atoms with E-state index in [9.17, 15) is 4.79 Å². The lowest BCUT2D eigenvalue weighted by atomic mass is 10.2. The molecule has 1 aromatic carbocycles. The number of hydrogen-bond acceptors (Lipinski definition) is 1. The monoisotopic (exact) mass is 337 g/mol. The van der Waals surface area contributed by atoms with Gasteiger partial charge in [-0.25, -0.2) is 0 Å². The van der Waals surface area contributed by atoms with Gasteiger partial charge in [0.25, 0.3) is 5.91 Å². The van der Waals surface area contributed by atoms with E-state index >= 15 is 0 Å². The van der Waals surface area contributed by atoms with Crippen molar-refractivity contribution < 1.29 is 4.79 Å². The first-order valence-corrected chi connectivity index (χ1v) is 7.02. The van der Waals surface area contributed by atoms with Crippen LogP contribution in [0.3, 0.4) is 0 Å². The largest absolute Gasteiger partial charge is 0.352 e. The molecule has 1 atom stereocenters. The van der Waals surface area contributed by atoms with Crippen molar-refractivity contribution >= 4 is 45.0 Å². The molecule has 1 rings (SSSR count). The molecular weight excluding hydrogens is 325 g/mol. The van der Waals surface area contributed by atoms with E-state index in [1.807, 2.05) is 6.92 Å². The maximum absolute atomic E-state index is 11.7. The van der Waals surface area contributed by atoms with Crippen molar-refractivity contribution in [3.8, 4) is 0 Å². The molecule has 0 heterocycles. The van der Waals surface area contributed by atoms with Gasteiger partial charge in [-0.2, -0.15) is 0 Å². The maximum Gasteiger partial charge on any atom is 0.251 e. The van der Waals surface area contributed by atoms with Gasteiger partial charge in [0, 0.05) is 22.0 Å². The number of carbonyl (C=O) groups is 1. The molecule has 0 spiro atoms. The quantitative estimate of drug-likeness (QED) is 0.799. The molecule has 0 aromatic heterocycles. The van der Waals surface area contributed by atoms with Crippen LogP contribution in [-0.2, 0) is 0 Å². The smallest absolute Gasteiger partial charge is 0.251 e. The third-order valence-corrected chi connectivity index (χ3v) is 4.13. The van der Waals surface area contributed by atoms with E-state index in [4.69, 9.17) is 23.2 Å². The van der Waals surface area contributed by atoms with E-state index in [0.717, 1.165) is 17.3 Å². The van der Waals surface area contributed by atoms with Gasteiger partial charge in [-0.15, -0.1) is 11.6 Å². The summed E-state index contributed by atoms with van der Waals surface area (Å²) in [5.74, 6) is -0.126. The standard InChI is InChI=1S/C12H14BrCl2NO/c1-2-9(14)5-6-16-12(17)8-3-4-10(13)11(15)7-8/h3-4,7,9H,2,5-6H2,1H3,(H,16,17). The van der Waals surface area contributed by atoms with Gasteiger partial charge in [0.1, 0.15) is 0 Å². The number of hydrogen-bond donors (Lipinski definition) is 1. The third kappa shape index (κ3) is 4.86.